The Morgan fingerprint density at radius 1 is 1.03 bits per heavy atom. The average molecular weight is 392 g/mol. The van der Waals surface area contributed by atoms with E-state index in [-0.39, 0.29) is 5.91 Å². The van der Waals surface area contributed by atoms with Crippen molar-refractivity contribution < 1.29 is 4.79 Å². The smallest absolute Gasteiger partial charge is 0.236 e. The summed E-state index contributed by atoms with van der Waals surface area (Å²) in [6, 6.07) is 16.9. The molecular weight excluding hydrogens is 362 g/mol. The molecule has 2 aromatic carbocycles. The molecule has 1 aromatic heterocycles. The number of anilines is 1. The number of amides is 1. The Morgan fingerprint density at radius 2 is 1.86 bits per heavy atom. The number of rotatable bonds is 4. The van der Waals surface area contributed by atoms with Crippen molar-refractivity contribution in [3.63, 3.8) is 0 Å². The molecule has 0 saturated carbocycles. The minimum atomic E-state index is 0.169. The van der Waals surface area contributed by atoms with Gasteiger partial charge >= 0.3 is 0 Å². The standard InChI is InChI=1S/C23H29N5O/c1-25(2)22(29)17-27-12-7-13-28(15-14-27)19-9-6-8-18(16-19)23-24-20-10-4-5-11-21(20)26(23)3/h4-6,8-11,16H,7,12-15,17H2,1-3H3. The van der Waals surface area contributed by atoms with Gasteiger partial charge in [-0.15, -0.1) is 0 Å². The van der Waals surface area contributed by atoms with Gasteiger partial charge in [0, 0.05) is 58.6 Å². The van der Waals surface area contributed by atoms with Gasteiger partial charge < -0.3 is 14.4 Å². The average Bonchev–Trinajstić information content (AvgIpc) is 2.90. The predicted octanol–water partition coefficient (Wildman–Crippen LogP) is 2.84. The van der Waals surface area contributed by atoms with Crippen LogP contribution in [0.15, 0.2) is 48.5 Å². The first-order valence-electron chi connectivity index (χ1n) is 10.2. The van der Waals surface area contributed by atoms with E-state index in [0.29, 0.717) is 6.54 Å². The third kappa shape index (κ3) is 4.12. The van der Waals surface area contributed by atoms with Crippen molar-refractivity contribution in [2.75, 3.05) is 51.7 Å². The topological polar surface area (TPSA) is 44.6 Å². The van der Waals surface area contributed by atoms with E-state index in [4.69, 9.17) is 4.98 Å². The van der Waals surface area contributed by atoms with Gasteiger partial charge in [-0.3, -0.25) is 9.69 Å². The van der Waals surface area contributed by atoms with Gasteiger partial charge in [0.05, 0.1) is 17.6 Å². The predicted molar refractivity (Wildman–Crippen MR) is 118 cm³/mol. The number of carbonyl (C=O) groups is 1. The van der Waals surface area contributed by atoms with Crippen LogP contribution in [-0.2, 0) is 11.8 Å². The van der Waals surface area contributed by atoms with Gasteiger partial charge in [-0.2, -0.15) is 0 Å². The second-order valence-electron chi connectivity index (χ2n) is 7.94. The Kier molecular flexibility index (Phi) is 5.53. The third-order valence-electron chi connectivity index (χ3n) is 5.70. The lowest BCUT2D eigenvalue weighted by Crippen LogP contribution is -2.38. The van der Waals surface area contributed by atoms with Gasteiger partial charge in [0.15, 0.2) is 0 Å². The van der Waals surface area contributed by atoms with E-state index in [1.54, 1.807) is 4.90 Å². The van der Waals surface area contributed by atoms with E-state index in [9.17, 15) is 4.79 Å². The zero-order valence-corrected chi connectivity index (χ0v) is 17.5. The molecule has 1 aliphatic heterocycles. The summed E-state index contributed by atoms with van der Waals surface area (Å²) in [4.78, 5) is 23.2. The highest BCUT2D eigenvalue weighted by molar-refractivity contribution is 5.81. The Morgan fingerprint density at radius 3 is 2.66 bits per heavy atom. The molecule has 4 rings (SSSR count). The Labute approximate surface area is 172 Å². The van der Waals surface area contributed by atoms with Crippen molar-refractivity contribution in [2.24, 2.45) is 7.05 Å². The van der Waals surface area contributed by atoms with Crippen molar-refractivity contribution in [3.05, 3.63) is 48.5 Å². The second-order valence-corrected chi connectivity index (χ2v) is 7.94. The number of hydrogen-bond donors (Lipinski definition) is 0. The number of hydrogen-bond acceptors (Lipinski definition) is 4. The van der Waals surface area contributed by atoms with E-state index in [0.717, 1.165) is 55.0 Å². The molecule has 0 radical (unpaired) electrons. The highest BCUT2D eigenvalue weighted by Gasteiger charge is 2.19. The molecular formula is C23H29N5O. The lowest BCUT2D eigenvalue weighted by Gasteiger charge is -2.24. The van der Waals surface area contributed by atoms with Crippen LogP contribution in [0, 0.1) is 0 Å². The third-order valence-corrected chi connectivity index (χ3v) is 5.70. The quantitative estimate of drug-likeness (QED) is 0.686. The summed E-state index contributed by atoms with van der Waals surface area (Å²) in [6.07, 6.45) is 1.05. The molecule has 0 spiro atoms. The SMILES string of the molecule is CN(C)C(=O)CN1CCCN(c2cccc(-c3nc4ccccc4n3C)c2)CC1. The van der Waals surface area contributed by atoms with Crippen LogP contribution < -0.4 is 4.90 Å². The van der Waals surface area contributed by atoms with E-state index < -0.39 is 0 Å². The zero-order valence-electron chi connectivity index (χ0n) is 17.5. The second kappa shape index (κ2) is 8.25. The van der Waals surface area contributed by atoms with Gasteiger partial charge in [-0.05, 0) is 30.7 Å². The molecule has 152 valence electrons. The van der Waals surface area contributed by atoms with Gasteiger partial charge in [-0.25, -0.2) is 4.98 Å². The maximum absolute atomic E-state index is 12.0. The first kappa shape index (κ1) is 19.5. The fraction of sp³-hybridized carbons (Fsp3) is 0.391. The Bertz CT molecular complexity index is 1010. The van der Waals surface area contributed by atoms with Crippen molar-refractivity contribution in [3.8, 4) is 11.4 Å². The molecule has 1 amide bonds. The molecule has 1 aliphatic rings. The van der Waals surface area contributed by atoms with E-state index in [1.807, 2.05) is 26.2 Å². The molecule has 0 unspecified atom stereocenters. The first-order chi connectivity index (χ1) is 14.0. The van der Waals surface area contributed by atoms with Crippen LogP contribution in [0.2, 0.25) is 0 Å². The summed E-state index contributed by atoms with van der Waals surface area (Å²) < 4.78 is 2.16. The lowest BCUT2D eigenvalue weighted by atomic mass is 10.1. The van der Waals surface area contributed by atoms with Crippen LogP contribution in [0.5, 0.6) is 0 Å². The molecule has 3 aromatic rings. The summed E-state index contributed by atoms with van der Waals surface area (Å²) in [5, 5.41) is 0. The molecule has 6 heteroatoms. The number of nitrogens with zero attached hydrogens (tertiary/aromatic N) is 5. The van der Waals surface area contributed by atoms with Crippen LogP contribution in [0.4, 0.5) is 5.69 Å². The minimum Gasteiger partial charge on any atom is -0.370 e. The van der Waals surface area contributed by atoms with Gasteiger partial charge in [0.25, 0.3) is 0 Å². The van der Waals surface area contributed by atoms with Crippen LogP contribution in [0.25, 0.3) is 22.4 Å². The fourth-order valence-electron chi connectivity index (χ4n) is 3.97. The Balaban J connectivity index is 1.53. The number of aryl methyl sites for hydroxylation is 1. The number of imidazole rings is 1. The monoisotopic (exact) mass is 391 g/mol. The summed E-state index contributed by atoms with van der Waals surface area (Å²) in [6.45, 7) is 4.28. The maximum Gasteiger partial charge on any atom is 0.236 e. The van der Waals surface area contributed by atoms with Crippen LogP contribution in [-0.4, -0.2) is 72.1 Å². The largest absolute Gasteiger partial charge is 0.370 e. The van der Waals surface area contributed by atoms with Crippen molar-refractivity contribution in [2.45, 2.75) is 6.42 Å². The minimum absolute atomic E-state index is 0.169. The Hall–Kier alpha value is -2.86. The van der Waals surface area contributed by atoms with E-state index in [2.05, 4.69) is 57.8 Å². The van der Waals surface area contributed by atoms with E-state index in [1.165, 1.54) is 5.69 Å². The molecule has 1 fully saturated rings. The summed E-state index contributed by atoms with van der Waals surface area (Å²) in [5.41, 5.74) is 4.51. The summed E-state index contributed by atoms with van der Waals surface area (Å²) >= 11 is 0. The van der Waals surface area contributed by atoms with Crippen molar-refractivity contribution >= 4 is 22.6 Å². The number of fused-ring (bicyclic) bond motifs is 1. The van der Waals surface area contributed by atoms with Crippen molar-refractivity contribution in [1.29, 1.82) is 0 Å². The molecule has 0 aliphatic carbocycles. The number of carbonyl (C=O) groups excluding carboxylic acids is 1. The number of likely N-dealkylation sites (N-methyl/N-ethyl adjacent to an activating group) is 1. The summed E-state index contributed by atoms with van der Waals surface area (Å²) in [7, 11) is 5.71. The highest BCUT2D eigenvalue weighted by Crippen LogP contribution is 2.27. The number of benzene rings is 2. The highest BCUT2D eigenvalue weighted by atomic mass is 16.2. The normalized spacial score (nSPS) is 15.5. The summed E-state index contributed by atoms with van der Waals surface area (Å²) in [5.74, 6) is 1.16. The fourth-order valence-corrected chi connectivity index (χ4v) is 3.97. The van der Waals surface area contributed by atoms with Crippen molar-refractivity contribution in [1.82, 2.24) is 19.4 Å². The van der Waals surface area contributed by atoms with Crippen LogP contribution >= 0.6 is 0 Å². The molecule has 29 heavy (non-hydrogen) atoms. The molecule has 6 nitrogen and oxygen atoms in total. The molecule has 1 saturated heterocycles. The van der Waals surface area contributed by atoms with Crippen LogP contribution in [0.3, 0.4) is 0 Å². The molecule has 0 bridgehead atoms. The van der Waals surface area contributed by atoms with Gasteiger partial charge in [-0.1, -0.05) is 24.3 Å². The number of para-hydroxylation sites is 2. The molecule has 2 heterocycles. The lowest BCUT2D eigenvalue weighted by molar-refractivity contribution is -0.129. The van der Waals surface area contributed by atoms with Crippen LogP contribution in [0.1, 0.15) is 6.42 Å². The molecule has 0 atom stereocenters. The number of aromatic nitrogens is 2. The molecule has 0 N–H and O–H groups in total. The first-order valence-corrected chi connectivity index (χ1v) is 10.2. The van der Waals surface area contributed by atoms with E-state index >= 15 is 0 Å². The zero-order chi connectivity index (χ0) is 20.4. The maximum atomic E-state index is 12.0. The van der Waals surface area contributed by atoms with Gasteiger partial charge in [0.1, 0.15) is 5.82 Å². The van der Waals surface area contributed by atoms with Gasteiger partial charge in [0.2, 0.25) is 5.91 Å².